The number of rotatable bonds is 6. The molecule has 2 atom stereocenters. The van der Waals surface area contributed by atoms with Gasteiger partial charge in [0.05, 0.1) is 13.0 Å². The third-order valence-electron chi connectivity index (χ3n) is 4.12. The van der Waals surface area contributed by atoms with Gasteiger partial charge in [-0.05, 0) is 31.0 Å². The van der Waals surface area contributed by atoms with Gasteiger partial charge in [-0.2, -0.15) is 0 Å². The van der Waals surface area contributed by atoms with Gasteiger partial charge in [-0.1, -0.05) is 19.1 Å². The SMILES string of the molecule is CC[C@H](C)NC(=O)[C@@H]1CC(=O)N(Cc2ccc(OC)cc2)C1. The molecule has 120 valence electrons. The zero-order valence-corrected chi connectivity index (χ0v) is 13.5. The molecule has 0 spiro atoms. The average Bonchev–Trinajstić information content (AvgIpc) is 2.89. The highest BCUT2D eigenvalue weighted by molar-refractivity contribution is 5.89. The van der Waals surface area contributed by atoms with E-state index in [1.165, 1.54) is 0 Å². The number of nitrogens with zero attached hydrogens (tertiary/aromatic N) is 1. The van der Waals surface area contributed by atoms with Crippen LogP contribution in [0.2, 0.25) is 0 Å². The molecule has 0 unspecified atom stereocenters. The van der Waals surface area contributed by atoms with Crippen LogP contribution in [0.15, 0.2) is 24.3 Å². The van der Waals surface area contributed by atoms with E-state index in [-0.39, 0.29) is 23.8 Å². The van der Waals surface area contributed by atoms with Crippen LogP contribution in [0.3, 0.4) is 0 Å². The monoisotopic (exact) mass is 304 g/mol. The maximum absolute atomic E-state index is 12.1. The summed E-state index contributed by atoms with van der Waals surface area (Å²) in [5, 5.41) is 2.96. The van der Waals surface area contributed by atoms with Crippen molar-refractivity contribution in [2.24, 2.45) is 5.92 Å². The van der Waals surface area contributed by atoms with E-state index in [9.17, 15) is 9.59 Å². The first-order chi connectivity index (χ1) is 10.5. The van der Waals surface area contributed by atoms with Gasteiger partial charge in [0.1, 0.15) is 5.75 Å². The minimum Gasteiger partial charge on any atom is -0.497 e. The van der Waals surface area contributed by atoms with Crippen LogP contribution in [0.1, 0.15) is 32.3 Å². The summed E-state index contributed by atoms with van der Waals surface area (Å²) < 4.78 is 5.12. The molecule has 0 aromatic heterocycles. The molecule has 1 fully saturated rings. The zero-order chi connectivity index (χ0) is 16.1. The zero-order valence-electron chi connectivity index (χ0n) is 13.5. The van der Waals surface area contributed by atoms with E-state index in [0.717, 1.165) is 17.7 Å². The summed E-state index contributed by atoms with van der Waals surface area (Å²) in [5.41, 5.74) is 1.04. The molecule has 0 bridgehead atoms. The minimum absolute atomic E-state index is 0.0140. The molecule has 1 saturated heterocycles. The molecule has 1 aliphatic rings. The number of ether oxygens (including phenoxy) is 1. The van der Waals surface area contributed by atoms with E-state index in [2.05, 4.69) is 5.32 Å². The van der Waals surface area contributed by atoms with Crippen LogP contribution in [0.5, 0.6) is 5.75 Å². The fraction of sp³-hybridized carbons (Fsp3) is 0.529. The maximum Gasteiger partial charge on any atom is 0.225 e. The Balaban J connectivity index is 1.93. The third-order valence-corrected chi connectivity index (χ3v) is 4.12. The van der Waals surface area contributed by atoms with E-state index in [1.807, 2.05) is 38.1 Å². The Morgan fingerprint density at radius 1 is 1.41 bits per heavy atom. The summed E-state index contributed by atoms with van der Waals surface area (Å²) in [6, 6.07) is 7.79. The fourth-order valence-corrected chi connectivity index (χ4v) is 2.51. The third kappa shape index (κ3) is 4.00. The highest BCUT2D eigenvalue weighted by Gasteiger charge is 2.34. The van der Waals surface area contributed by atoms with Crippen LogP contribution >= 0.6 is 0 Å². The summed E-state index contributed by atoms with van der Waals surface area (Å²) in [6.07, 6.45) is 1.19. The van der Waals surface area contributed by atoms with Crippen LogP contribution in [0.4, 0.5) is 0 Å². The molecular weight excluding hydrogens is 280 g/mol. The van der Waals surface area contributed by atoms with Crippen LogP contribution in [0.25, 0.3) is 0 Å². The standard InChI is InChI=1S/C17H24N2O3/c1-4-12(2)18-17(21)14-9-16(20)19(11-14)10-13-5-7-15(22-3)8-6-13/h5-8,12,14H,4,9-11H2,1-3H3,(H,18,21)/t12-,14+/m0/s1. The Hall–Kier alpha value is -2.04. The number of carbonyl (C=O) groups excluding carboxylic acids is 2. The molecule has 1 aromatic carbocycles. The molecule has 1 heterocycles. The van der Waals surface area contributed by atoms with Crippen molar-refractivity contribution in [3.05, 3.63) is 29.8 Å². The topological polar surface area (TPSA) is 58.6 Å². The summed E-state index contributed by atoms with van der Waals surface area (Å²) in [5.74, 6) is 0.585. The van der Waals surface area contributed by atoms with Gasteiger partial charge >= 0.3 is 0 Å². The lowest BCUT2D eigenvalue weighted by atomic mass is 10.1. The summed E-state index contributed by atoms with van der Waals surface area (Å²) in [4.78, 5) is 26.0. The van der Waals surface area contributed by atoms with Gasteiger partial charge in [-0.25, -0.2) is 0 Å². The van der Waals surface area contributed by atoms with Crippen molar-refractivity contribution in [3.8, 4) is 5.75 Å². The molecule has 0 radical (unpaired) electrons. The van der Waals surface area contributed by atoms with E-state index >= 15 is 0 Å². The van der Waals surface area contributed by atoms with Gasteiger partial charge in [-0.15, -0.1) is 0 Å². The van der Waals surface area contributed by atoms with Gasteiger partial charge < -0.3 is 15.0 Å². The molecule has 2 amide bonds. The van der Waals surface area contributed by atoms with Gasteiger partial charge in [-0.3, -0.25) is 9.59 Å². The molecule has 22 heavy (non-hydrogen) atoms. The lowest BCUT2D eigenvalue weighted by Gasteiger charge is -2.18. The second kappa shape index (κ2) is 7.29. The average molecular weight is 304 g/mol. The van der Waals surface area contributed by atoms with E-state index in [1.54, 1.807) is 12.0 Å². The maximum atomic E-state index is 12.1. The molecule has 0 saturated carbocycles. The number of likely N-dealkylation sites (tertiary alicyclic amines) is 1. The Kier molecular flexibility index (Phi) is 5.41. The predicted octanol–water partition coefficient (Wildman–Crippen LogP) is 1.96. The van der Waals surface area contributed by atoms with E-state index in [4.69, 9.17) is 4.74 Å². The van der Waals surface area contributed by atoms with Gasteiger partial charge in [0.25, 0.3) is 0 Å². The lowest BCUT2D eigenvalue weighted by Crippen LogP contribution is -2.38. The quantitative estimate of drug-likeness (QED) is 0.874. The normalized spacial score (nSPS) is 19.1. The largest absolute Gasteiger partial charge is 0.497 e. The molecule has 1 aromatic rings. The number of carbonyl (C=O) groups is 2. The van der Waals surface area contributed by atoms with Crippen LogP contribution in [-0.2, 0) is 16.1 Å². The van der Waals surface area contributed by atoms with Crippen molar-refractivity contribution in [3.63, 3.8) is 0 Å². The first-order valence-electron chi connectivity index (χ1n) is 7.74. The predicted molar refractivity (Wildman–Crippen MR) is 84.4 cm³/mol. The van der Waals surface area contributed by atoms with Crippen molar-refractivity contribution < 1.29 is 14.3 Å². The van der Waals surface area contributed by atoms with Gasteiger partial charge in [0.15, 0.2) is 0 Å². The van der Waals surface area contributed by atoms with Crippen molar-refractivity contribution in [2.45, 2.75) is 39.3 Å². The molecule has 5 heteroatoms. The Morgan fingerprint density at radius 3 is 2.68 bits per heavy atom. The Bertz CT molecular complexity index is 527. The second-order valence-corrected chi connectivity index (χ2v) is 5.84. The van der Waals surface area contributed by atoms with Crippen LogP contribution in [0, 0.1) is 5.92 Å². The van der Waals surface area contributed by atoms with E-state index < -0.39 is 0 Å². The molecular formula is C17H24N2O3. The van der Waals surface area contributed by atoms with Crippen LogP contribution in [-0.4, -0.2) is 36.4 Å². The molecule has 2 rings (SSSR count). The van der Waals surface area contributed by atoms with Crippen molar-refractivity contribution in [2.75, 3.05) is 13.7 Å². The molecule has 5 nitrogen and oxygen atoms in total. The van der Waals surface area contributed by atoms with Crippen LogP contribution < -0.4 is 10.1 Å². The van der Waals surface area contributed by atoms with Crippen molar-refractivity contribution in [1.29, 1.82) is 0 Å². The Labute approximate surface area is 131 Å². The molecule has 0 aliphatic carbocycles. The second-order valence-electron chi connectivity index (χ2n) is 5.84. The number of hydrogen-bond donors (Lipinski definition) is 1. The Morgan fingerprint density at radius 2 is 2.09 bits per heavy atom. The van der Waals surface area contributed by atoms with Crippen molar-refractivity contribution in [1.82, 2.24) is 10.2 Å². The lowest BCUT2D eigenvalue weighted by molar-refractivity contribution is -0.129. The molecule has 1 aliphatic heterocycles. The number of amides is 2. The van der Waals surface area contributed by atoms with Gasteiger partial charge in [0, 0.05) is 25.6 Å². The van der Waals surface area contributed by atoms with Crippen molar-refractivity contribution >= 4 is 11.8 Å². The molecule has 1 N–H and O–H groups in total. The smallest absolute Gasteiger partial charge is 0.225 e. The first kappa shape index (κ1) is 16.3. The fourth-order valence-electron chi connectivity index (χ4n) is 2.51. The van der Waals surface area contributed by atoms with Gasteiger partial charge in [0.2, 0.25) is 11.8 Å². The summed E-state index contributed by atoms with van der Waals surface area (Å²) >= 11 is 0. The summed E-state index contributed by atoms with van der Waals surface area (Å²) in [7, 11) is 1.62. The first-order valence-corrected chi connectivity index (χ1v) is 7.74. The van der Waals surface area contributed by atoms with E-state index in [0.29, 0.717) is 19.5 Å². The highest BCUT2D eigenvalue weighted by Crippen LogP contribution is 2.21. The number of hydrogen-bond acceptors (Lipinski definition) is 3. The number of nitrogens with one attached hydrogen (secondary N) is 1. The number of benzene rings is 1. The summed E-state index contributed by atoms with van der Waals surface area (Å²) in [6.45, 7) is 5.04. The highest BCUT2D eigenvalue weighted by atomic mass is 16.5. The number of methoxy groups -OCH3 is 1. The minimum atomic E-state index is -0.236.